The third-order valence-corrected chi connectivity index (χ3v) is 2.63. The molecular formula is C10H13FO4S. The van der Waals surface area contributed by atoms with E-state index in [1.807, 2.05) is 0 Å². The molecule has 0 radical (unpaired) electrons. The van der Waals surface area contributed by atoms with Crippen molar-refractivity contribution >= 4 is 10.4 Å². The van der Waals surface area contributed by atoms with Crippen molar-refractivity contribution < 1.29 is 21.5 Å². The number of halogens is 1. The molecule has 1 atom stereocenters. The summed E-state index contributed by atoms with van der Waals surface area (Å²) in [6.07, 6.45) is -0.302. The summed E-state index contributed by atoms with van der Waals surface area (Å²) < 4.78 is 47.2. The highest BCUT2D eigenvalue weighted by atomic mass is 32.3. The zero-order chi connectivity index (χ0) is 12.2. The maximum Gasteiger partial charge on any atom is 0.397 e. The van der Waals surface area contributed by atoms with Crippen LogP contribution in [0, 0.1) is 5.82 Å². The van der Waals surface area contributed by atoms with Crippen LogP contribution in [0.25, 0.3) is 0 Å². The molecule has 0 spiro atoms. The minimum atomic E-state index is -4.49. The highest BCUT2D eigenvalue weighted by Crippen LogP contribution is 2.14. The van der Waals surface area contributed by atoms with Gasteiger partial charge in [0.15, 0.2) is 0 Å². The van der Waals surface area contributed by atoms with Crippen LogP contribution >= 0.6 is 0 Å². The van der Waals surface area contributed by atoms with Crippen LogP contribution in [-0.2, 0) is 21.0 Å². The van der Waals surface area contributed by atoms with Gasteiger partial charge >= 0.3 is 10.4 Å². The van der Waals surface area contributed by atoms with Crippen molar-refractivity contribution in [3.8, 4) is 0 Å². The summed E-state index contributed by atoms with van der Waals surface area (Å²) in [5.74, 6) is -0.417. The van der Waals surface area contributed by atoms with Crippen LogP contribution < -0.4 is 0 Å². The summed E-state index contributed by atoms with van der Waals surface area (Å²) >= 11 is 0. The lowest BCUT2D eigenvalue weighted by molar-refractivity contribution is 0.176. The fourth-order valence-corrected chi connectivity index (χ4v) is 1.88. The smallest absolute Gasteiger partial charge is 0.264 e. The fourth-order valence-electron chi connectivity index (χ4n) is 1.33. The number of hydrogen-bond acceptors (Lipinski definition) is 3. The van der Waals surface area contributed by atoms with Crippen molar-refractivity contribution in [1.29, 1.82) is 0 Å². The predicted molar refractivity (Wildman–Crippen MR) is 56.8 cm³/mol. The third-order valence-electron chi connectivity index (χ3n) is 2.12. The first-order chi connectivity index (χ1) is 7.42. The number of hydrogen-bond donors (Lipinski definition) is 1. The van der Waals surface area contributed by atoms with Crippen LogP contribution in [0.4, 0.5) is 4.39 Å². The minimum absolute atomic E-state index is 0.100. The van der Waals surface area contributed by atoms with Crippen molar-refractivity contribution in [2.24, 2.45) is 0 Å². The number of rotatable bonds is 5. The summed E-state index contributed by atoms with van der Waals surface area (Å²) in [4.78, 5) is 0. The highest BCUT2D eigenvalue weighted by Gasteiger charge is 2.17. The van der Waals surface area contributed by atoms with Crippen LogP contribution in [-0.4, -0.2) is 19.1 Å². The maximum absolute atomic E-state index is 13.3. The minimum Gasteiger partial charge on any atom is -0.264 e. The Labute approximate surface area is 94.0 Å². The third kappa shape index (κ3) is 4.26. The molecule has 0 saturated heterocycles. The van der Waals surface area contributed by atoms with Crippen LogP contribution in [0.15, 0.2) is 24.3 Å². The SMILES string of the molecule is CCC(Cc1ccccc1F)OS(=O)(=O)O. The maximum atomic E-state index is 13.3. The summed E-state index contributed by atoms with van der Waals surface area (Å²) in [6.45, 7) is 1.69. The fraction of sp³-hybridized carbons (Fsp3) is 0.400. The second kappa shape index (κ2) is 5.38. The van der Waals surface area contributed by atoms with Gasteiger partial charge in [-0.2, -0.15) is 8.42 Å². The largest absolute Gasteiger partial charge is 0.397 e. The van der Waals surface area contributed by atoms with Crippen molar-refractivity contribution in [3.63, 3.8) is 0 Å². The van der Waals surface area contributed by atoms with Crippen LogP contribution in [0.3, 0.4) is 0 Å². The van der Waals surface area contributed by atoms with E-state index in [2.05, 4.69) is 4.18 Å². The van der Waals surface area contributed by atoms with E-state index in [-0.39, 0.29) is 6.42 Å². The van der Waals surface area contributed by atoms with Gasteiger partial charge < -0.3 is 0 Å². The summed E-state index contributed by atoms with van der Waals surface area (Å²) in [5, 5.41) is 0. The lowest BCUT2D eigenvalue weighted by Gasteiger charge is -2.13. The molecule has 6 heteroatoms. The molecule has 1 aromatic carbocycles. The molecule has 0 fully saturated rings. The van der Waals surface area contributed by atoms with E-state index in [4.69, 9.17) is 4.55 Å². The van der Waals surface area contributed by atoms with Crippen LogP contribution in [0.2, 0.25) is 0 Å². The molecule has 1 aromatic rings. The van der Waals surface area contributed by atoms with Gasteiger partial charge in [-0.1, -0.05) is 25.1 Å². The second-order valence-corrected chi connectivity index (χ2v) is 4.40. The molecule has 0 bridgehead atoms. The molecule has 0 aliphatic carbocycles. The molecule has 16 heavy (non-hydrogen) atoms. The highest BCUT2D eigenvalue weighted by molar-refractivity contribution is 7.80. The standard InChI is InChI=1S/C10H13FO4S/c1-2-9(15-16(12,13)14)7-8-5-3-4-6-10(8)11/h3-6,9H,2,7H2,1H3,(H,12,13,14). The first-order valence-corrected chi connectivity index (χ1v) is 6.18. The Morgan fingerprint density at radius 1 is 1.44 bits per heavy atom. The van der Waals surface area contributed by atoms with E-state index in [1.165, 1.54) is 6.07 Å². The molecule has 1 unspecified atom stereocenters. The van der Waals surface area contributed by atoms with E-state index < -0.39 is 22.3 Å². The van der Waals surface area contributed by atoms with Gasteiger partial charge in [-0.15, -0.1) is 0 Å². The molecule has 90 valence electrons. The molecule has 0 amide bonds. The Kier molecular flexibility index (Phi) is 4.40. The van der Waals surface area contributed by atoms with E-state index >= 15 is 0 Å². The average molecular weight is 248 g/mol. The van der Waals surface area contributed by atoms with Crippen LogP contribution in [0.1, 0.15) is 18.9 Å². The quantitative estimate of drug-likeness (QED) is 0.809. The van der Waals surface area contributed by atoms with Gasteiger partial charge in [0.05, 0.1) is 6.10 Å². The monoisotopic (exact) mass is 248 g/mol. The van der Waals surface area contributed by atoms with E-state index in [9.17, 15) is 12.8 Å². The lowest BCUT2D eigenvalue weighted by Crippen LogP contribution is -2.20. The zero-order valence-corrected chi connectivity index (χ0v) is 9.58. The Bertz CT molecular complexity index is 444. The first-order valence-electron chi connectivity index (χ1n) is 4.81. The van der Waals surface area contributed by atoms with Gasteiger partial charge in [0.2, 0.25) is 0 Å². The molecule has 0 heterocycles. The van der Waals surface area contributed by atoms with Gasteiger partial charge in [-0.05, 0) is 18.1 Å². The first kappa shape index (κ1) is 13.1. The average Bonchev–Trinajstić information content (AvgIpc) is 2.18. The molecular weight excluding hydrogens is 235 g/mol. The van der Waals surface area contributed by atoms with Gasteiger partial charge in [0.1, 0.15) is 5.82 Å². The Morgan fingerprint density at radius 2 is 2.06 bits per heavy atom. The number of benzene rings is 1. The second-order valence-electron chi connectivity index (χ2n) is 3.35. The topological polar surface area (TPSA) is 63.6 Å². The van der Waals surface area contributed by atoms with Crippen molar-refractivity contribution in [2.45, 2.75) is 25.9 Å². The van der Waals surface area contributed by atoms with Crippen molar-refractivity contribution in [3.05, 3.63) is 35.6 Å². The van der Waals surface area contributed by atoms with E-state index in [1.54, 1.807) is 25.1 Å². The molecule has 0 saturated carbocycles. The molecule has 4 nitrogen and oxygen atoms in total. The van der Waals surface area contributed by atoms with Gasteiger partial charge in [-0.25, -0.2) is 8.57 Å². The Hall–Kier alpha value is -0.980. The van der Waals surface area contributed by atoms with Crippen molar-refractivity contribution in [1.82, 2.24) is 0 Å². The summed E-state index contributed by atoms with van der Waals surface area (Å²) in [5.41, 5.74) is 0.359. The normalized spacial score (nSPS) is 13.7. The summed E-state index contributed by atoms with van der Waals surface area (Å²) in [6, 6.07) is 6.03. The zero-order valence-electron chi connectivity index (χ0n) is 8.76. The molecule has 0 aliphatic heterocycles. The van der Waals surface area contributed by atoms with Gasteiger partial charge in [0, 0.05) is 6.42 Å². The molecule has 0 aromatic heterocycles. The van der Waals surface area contributed by atoms with E-state index in [0.717, 1.165) is 0 Å². The molecule has 1 rings (SSSR count). The Balaban J connectivity index is 2.75. The van der Waals surface area contributed by atoms with Gasteiger partial charge in [0.25, 0.3) is 0 Å². The van der Waals surface area contributed by atoms with E-state index in [0.29, 0.717) is 12.0 Å². The van der Waals surface area contributed by atoms with Gasteiger partial charge in [-0.3, -0.25) is 4.55 Å². The lowest BCUT2D eigenvalue weighted by atomic mass is 10.1. The molecule has 1 N–H and O–H groups in total. The van der Waals surface area contributed by atoms with Crippen LogP contribution in [0.5, 0.6) is 0 Å². The van der Waals surface area contributed by atoms with Crippen molar-refractivity contribution in [2.75, 3.05) is 0 Å². The predicted octanol–water partition coefficient (Wildman–Crippen LogP) is 1.97. The Morgan fingerprint density at radius 3 is 2.56 bits per heavy atom. The summed E-state index contributed by atoms with van der Waals surface area (Å²) in [7, 11) is -4.49. The molecule has 0 aliphatic rings.